The van der Waals surface area contributed by atoms with E-state index in [-0.39, 0.29) is 0 Å². The molecule has 0 aromatic heterocycles. The SMILES string of the molecule is CC#N.CCCCB(O)O. The number of hydrogen-bond donors (Lipinski definition) is 2. The molecule has 58 valence electrons. The summed E-state index contributed by atoms with van der Waals surface area (Å²) in [5.41, 5.74) is 0. The van der Waals surface area contributed by atoms with Gasteiger partial charge in [0.2, 0.25) is 0 Å². The Morgan fingerprint density at radius 2 is 1.90 bits per heavy atom. The third-order valence-corrected chi connectivity index (χ3v) is 0.816. The maximum Gasteiger partial charge on any atom is 0.451 e. The van der Waals surface area contributed by atoms with Crippen molar-refractivity contribution in [3.8, 4) is 6.07 Å². The Morgan fingerprint density at radius 1 is 1.50 bits per heavy atom. The molecule has 0 saturated carbocycles. The maximum absolute atomic E-state index is 8.24. The Labute approximate surface area is 62.4 Å². The van der Waals surface area contributed by atoms with Gasteiger partial charge in [-0.15, -0.1) is 0 Å². The van der Waals surface area contributed by atoms with Crippen LogP contribution in [0.4, 0.5) is 0 Å². The summed E-state index contributed by atoms with van der Waals surface area (Å²) in [5.74, 6) is 0. The number of rotatable bonds is 3. The molecular formula is C6H14BNO2. The van der Waals surface area contributed by atoms with Crippen molar-refractivity contribution in [1.29, 1.82) is 5.26 Å². The monoisotopic (exact) mass is 143 g/mol. The zero-order valence-electron chi connectivity index (χ0n) is 6.54. The van der Waals surface area contributed by atoms with E-state index in [1.54, 1.807) is 6.07 Å². The lowest BCUT2D eigenvalue weighted by Gasteiger charge is -1.91. The summed E-state index contributed by atoms with van der Waals surface area (Å²) in [5, 5.41) is 23.8. The number of nitriles is 1. The van der Waals surface area contributed by atoms with E-state index in [2.05, 4.69) is 0 Å². The van der Waals surface area contributed by atoms with Gasteiger partial charge in [-0.1, -0.05) is 19.8 Å². The molecule has 0 amide bonds. The zero-order valence-corrected chi connectivity index (χ0v) is 6.54. The highest BCUT2D eigenvalue weighted by Gasteiger charge is 2.02. The van der Waals surface area contributed by atoms with E-state index < -0.39 is 7.12 Å². The summed E-state index contributed by atoms with van der Waals surface area (Å²) in [6.45, 7) is 3.45. The largest absolute Gasteiger partial charge is 0.451 e. The average molecular weight is 143 g/mol. The van der Waals surface area contributed by atoms with E-state index >= 15 is 0 Å². The van der Waals surface area contributed by atoms with Crippen molar-refractivity contribution in [2.24, 2.45) is 0 Å². The smallest absolute Gasteiger partial charge is 0.427 e. The second-order valence-corrected chi connectivity index (χ2v) is 1.85. The highest BCUT2D eigenvalue weighted by molar-refractivity contribution is 6.40. The van der Waals surface area contributed by atoms with Gasteiger partial charge in [0.15, 0.2) is 0 Å². The van der Waals surface area contributed by atoms with Gasteiger partial charge in [0, 0.05) is 6.92 Å². The van der Waals surface area contributed by atoms with Crippen molar-refractivity contribution in [1.82, 2.24) is 0 Å². The lowest BCUT2D eigenvalue weighted by atomic mass is 9.84. The van der Waals surface area contributed by atoms with Crippen LogP contribution in [0.2, 0.25) is 6.32 Å². The van der Waals surface area contributed by atoms with Gasteiger partial charge in [-0.2, -0.15) is 5.26 Å². The van der Waals surface area contributed by atoms with Crippen molar-refractivity contribution >= 4 is 7.12 Å². The molecule has 0 bridgehead atoms. The first kappa shape index (κ1) is 12.2. The van der Waals surface area contributed by atoms with E-state index in [9.17, 15) is 0 Å². The molecule has 0 radical (unpaired) electrons. The quantitative estimate of drug-likeness (QED) is 0.574. The van der Waals surface area contributed by atoms with Crippen LogP contribution >= 0.6 is 0 Å². The van der Waals surface area contributed by atoms with E-state index in [0.717, 1.165) is 12.8 Å². The predicted molar refractivity (Wildman–Crippen MR) is 41.2 cm³/mol. The van der Waals surface area contributed by atoms with Crippen LogP contribution in [0.1, 0.15) is 26.7 Å². The van der Waals surface area contributed by atoms with Gasteiger partial charge in [-0.3, -0.25) is 0 Å². The predicted octanol–water partition coefficient (Wildman–Crippen LogP) is 0.789. The topological polar surface area (TPSA) is 64.2 Å². The highest BCUT2D eigenvalue weighted by atomic mass is 16.4. The molecule has 0 rings (SSSR count). The van der Waals surface area contributed by atoms with Crippen LogP contribution in [0.3, 0.4) is 0 Å². The van der Waals surface area contributed by atoms with Crippen LogP contribution in [-0.2, 0) is 0 Å². The Bertz CT molecular complexity index is 90.2. The standard InChI is InChI=1S/C4H11BO2.C2H3N/c1-2-3-4-5(6)7;1-2-3/h6-7H,2-4H2,1H3;1H3. The summed E-state index contributed by atoms with van der Waals surface area (Å²) in [6, 6.07) is 1.75. The summed E-state index contributed by atoms with van der Waals surface area (Å²) < 4.78 is 0. The highest BCUT2D eigenvalue weighted by Crippen LogP contribution is 1.94. The van der Waals surface area contributed by atoms with Crippen molar-refractivity contribution < 1.29 is 10.0 Å². The first-order chi connectivity index (χ1) is 4.68. The molecule has 0 saturated heterocycles. The molecule has 0 fully saturated rings. The Morgan fingerprint density at radius 3 is 2.00 bits per heavy atom. The lowest BCUT2D eigenvalue weighted by Crippen LogP contribution is -2.08. The van der Waals surface area contributed by atoms with E-state index in [1.165, 1.54) is 6.92 Å². The summed E-state index contributed by atoms with van der Waals surface area (Å²) >= 11 is 0. The molecule has 10 heavy (non-hydrogen) atoms. The fraction of sp³-hybridized carbons (Fsp3) is 0.833. The molecule has 0 heterocycles. The molecular weight excluding hydrogens is 129 g/mol. The van der Waals surface area contributed by atoms with Crippen molar-refractivity contribution in [3.05, 3.63) is 0 Å². The fourth-order valence-electron chi connectivity index (χ4n) is 0.387. The van der Waals surface area contributed by atoms with Gasteiger partial charge in [0.25, 0.3) is 0 Å². The first-order valence-corrected chi connectivity index (χ1v) is 3.36. The zero-order chi connectivity index (χ0) is 8.41. The van der Waals surface area contributed by atoms with Crippen LogP contribution in [0, 0.1) is 11.3 Å². The van der Waals surface area contributed by atoms with E-state index in [4.69, 9.17) is 15.3 Å². The molecule has 0 aliphatic carbocycles. The van der Waals surface area contributed by atoms with Gasteiger partial charge in [-0.25, -0.2) is 0 Å². The van der Waals surface area contributed by atoms with Crippen molar-refractivity contribution in [3.63, 3.8) is 0 Å². The number of hydrogen-bond acceptors (Lipinski definition) is 3. The molecule has 0 aliphatic rings. The minimum Gasteiger partial charge on any atom is -0.427 e. The third-order valence-electron chi connectivity index (χ3n) is 0.816. The molecule has 3 nitrogen and oxygen atoms in total. The van der Waals surface area contributed by atoms with Gasteiger partial charge in [0.05, 0.1) is 6.07 Å². The molecule has 0 atom stereocenters. The maximum atomic E-state index is 8.24. The van der Waals surface area contributed by atoms with Gasteiger partial charge in [-0.05, 0) is 6.32 Å². The Kier molecular flexibility index (Phi) is 13.8. The summed E-state index contributed by atoms with van der Waals surface area (Å²) in [4.78, 5) is 0. The second kappa shape index (κ2) is 11.3. The fourth-order valence-corrected chi connectivity index (χ4v) is 0.387. The molecule has 2 N–H and O–H groups in total. The third kappa shape index (κ3) is 26.0. The molecule has 0 unspecified atom stereocenters. The van der Waals surface area contributed by atoms with Crippen LogP contribution < -0.4 is 0 Å². The van der Waals surface area contributed by atoms with E-state index in [0.29, 0.717) is 6.32 Å². The number of nitrogens with zero attached hydrogens (tertiary/aromatic N) is 1. The average Bonchev–Trinajstić information content (AvgIpc) is 1.85. The second-order valence-electron chi connectivity index (χ2n) is 1.85. The molecule has 0 aromatic rings. The van der Waals surface area contributed by atoms with Crippen LogP contribution in [0.15, 0.2) is 0 Å². The Balaban J connectivity index is 0. The molecule has 0 aromatic carbocycles. The minimum absolute atomic E-state index is 0.510. The van der Waals surface area contributed by atoms with Gasteiger partial charge >= 0.3 is 7.12 Å². The molecule has 0 spiro atoms. The van der Waals surface area contributed by atoms with Crippen molar-refractivity contribution in [2.45, 2.75) is 33.0 Å². The minimum atomic E-state index is -1.10. The molecule has 4 heteroatoms. The normalized spacial score (nSPS) is 7.10. The lowest BCUT2D eigenvalue weighted by molar-refractivity contribution is 0.403. The van der Waals surface area contributed by atoms with Gasteiger partial charge in [0.1, 0.15) is 0 Å². The Hall–Kier alpha value is -0.525. The first-order valence-electron chi connectivity index (χ1n) is 3.36. The van der Waals surface area contributed by atoms with Crippen LogP contribution in [-0.4, -0.2) is 17.2 Å². The van der Waals surface area contributed by atoms with E-state index in [1.807, 2.05) is 6.92 Å². The van der Waals surface area contributed by atoms with Crippen LogP contribution in [0.5, 0.6) is 0 Å². The summed E-state index contributed by atoms with van der Waals surface area (Å²) in [6.07, 6.45) is 2.44. The molecule has 0 aliphatic heterocycles. The summed E-state index contributed by atoms with van der Waals surface area (Å²) in [7, 11) is -1.10. The number of unbranched alkanes of at least 4 members (excludes halogenated alkanes) is 1. The van der Waals surface area contributed by atoms with Gasteiger partial charge < -0.3 is 10.0 Å². The van der Waals surface area contributed by atoms with Crippen LogP contribution in [0.25, 0.3) is 0 Å². The van der Waals surface area contributed by atoms with Crippen molar-refractivity contribution in [2.75, 3.05) is 0 Å².